The Kier molecular flexibility index (Phi) is 5.61. The van der Waals surface area contributed by atoms with E-state index in [2.05, 4.69) is 70.0 Å². The topological polar surface area (TPSA) is 100 Å². The minimum absolute atomic E-state index is 0.297. The van der Waals surface area contributed by atoms with Gasteiger partial charge >= 0.3 is 0 Å². The number of hydrogen-bond acceptors (Lipinski definition) is 7. The number of aromatic nitrogens is 2. The van der Waals surface area contributed by atoms with Gasteiger partial charge in [-0.1, -0.05) is 0 Å². The van der Waals surface area contributed by atoms with Gasteiger partial charge in [-0.25, -0.2) is 9.66 Å². The van der Waals surface area contributed by atoms with Crippen LogP contribution in [-0.2, 0) is 0 Å². The smallest absolute Gasteiger partial charge is 0.174 e. The zero-order chi connectivity index (χ0) is 22.3. The summed E-state index contributed by atoms with van der Waals surface area (Å²) in [7, 11) is 4.33. The third-order valence-corrected chi connectivity index (χ3v) is 7.43. The lowest BCUT2D eigenvalue weighted by Crippen LogP contribution is -2.58. The first-order chi connectivity index (χ1) is 15.4. The van der Waals surface area contributed by atoms with Gasteiger partial charge in [-0.05, 0) is 76.5 Å². The van der Waals surface area contributed by atoms with Gasteiger partial charge in [0.2, 0.25) is 0 Å². The predicted molar refractivity (Wildman–Crippen MR) is 131 cm³/mol. The van der Waals surface area contributed by atoms with Crippen LogP contribution in [0, 0.1) is 5.92 Å². The van der Waals surface area contributed by atoms with Crippen LogP contribution < -0.4 is 27.1 Å². The van der Waals surface area contributed by atoms with Crippen molar-refractivity contribution in [3.63, 3.8) is 0 Å². The van der Waals surface area contributed by atoms with Crippen LogP contribution in [0.5, 0.6) is 0 Å². The molecule has 1 saturated carbocycles. The molecular weight excluding hydrogens is 400 g/mol. The molecule has 2 fully saturated rings. The Hall–Kier alpha value is -2.55. The van der Waals surface area contributed by atoms with Gasteiger partial charge in [-0.3, -0.25) is 0 Å². The van der Waals surface area contributed by atoms with E-state index in [0.29, 0.717) is 18.0 Å². The maximum Gasteiger partial charge on any atom is 0.174 e. The molecule has 0 amide bonds. The number of rotatable bonds is 5. The van der Waals surface area contributed by atoms with Gasteiger partial charge in [0.1, 0.15) is 5.66 Å². The molecule has 1 aliphatic carbocycles. The normalized spacial score (nSPS) is 30.1. The van der Waals surface area contributed by atoms with Crippen molar-refractivity contribution >= 4 is 17.1 Å². The predicted octanol–water partition coefficient (Wildman–Crippen LogP) is 2.21. The number of fused-ring (bicyclic) bond motifs is 1. The highest BCUT2D eigenvalue weighted by Gasteiger charge is 2.39. The highest BCUT2D eigenvalue weighted by Crippen LogP contribution is 2.35. The van der Waals surface area contributed by atoms with Crippen molar-refractivity contribution < 1.29 is 0 Å². The molecule has 32 heavy (non-hydrogen) atoms. The Morgan fingerprint density at radius 3 is 2.56 bits per heavy atom. The lowest BCUT2D eigenvalue weighted by molar-refractivity contribution is 0.239. The van der Waals surface area contributed by atoms with Gasteiger partial charge in [-0.15, -0.1) is 0 Å². The molecule has 3 aliphatic rings. The van der Waals surface area contributed by atoms with Gasteiger partial charge in [0, 0.05) is 54.9 Å². The van der Waals surface area contributed by atoms with Gasteiger partial charge < -0.3 is 32.0 Å². The van der Waals surface area contributed by atoms with Gasteiger partial charge in [0.05, 0.1) is 5.70 Å². The SMILES string of the molecule is CN(C)C1CCN(c2ccc(NC3=CC(N)(C4CCC(N)CC4)Nn4ccnc43)cc2)C1. The van der Waals surface area contributed by atoms with Gasteiger partial charge in [0.25, 0.3) is 0 Å². The molecule has 2 aliphatic heterocycles. The fourth-order valence-corrected chi connectivity index (χ4v) is 5.34. The first-order valence-electron chi connectivity index (χ1n) is 11.8. The molecule has 0 spiro atoms. The molecule has 0 radical (unpaired) electrons. The quantitative estimate of drug-likeness (QED) is 0.570. The lowest BCUT2D eigenvalue weighted by atomic mass is 9.78. The van der Waals surface area contributed by atoms with Gasteiger partial charge in [-0.2, -0.15) is 0 Å². The van der Waals surface area contributed by atoms with Crippen LogP contribution in [0.1, 0.15) is 37.9 Å². The van der Waals surface area contributed by atoms with Crippen molar-refractivity contribution in [1.82, 2.24) is 14.6 Å². The van der Waals surface area contributed by atoms with Crippen molar-refractivity contribution in [2.45, 2.75) is 49.9 Å². The summed E-state index contributed by atoms with van der Waals surface area (Å²) in [5, 5.41) is 3.58. The number of hydrogen-bond donors (Lipinski definition) is 4. The van der Waals surface area contributed by atoms with Crippen LogP contribution in [0.25, 0.3) is 5.70 Å². The third kappa shape index (κ3) is 4.10. The monoisotopic (exact) mass is 436 g/mol. The highest BCUT2D eigenvalue weighted by molar-refractivity contribution is 5.76. The molecule has 172 valence electrons. The average Bonchev–Trinajstić information content (AvgIpc) is 3.44. The van der Waals surface area contributed by atoms with Crippen LogP contribution in [0.3, 0.4) is 0 Å². The van der Waals surface area contributed by atoms with Crippen LogP contribution in [0.2, 0.25) is 0 Å². The summed E-state index contributed by atoms with van der Waals surface area (Å²) in [6.45, 7) is 2.18. The van der Waals surface area contributed by atoms with E-state index in [1.165, 1.54) is 12.1 Å². The summed E-state index contributed by atoms with van der Waals surface area (Å²) in [5.74, 6) is 1.17. The Labute approximate surface area is 190 Å². The Morgan fingerprint density at radius 1 is 1.12 bits per heavy atom. The van der Waals surface area contributed by atoms with E-state index in [9.17, 15) is 0 Å². The maximum absolute atomic E-state index is 6.91. The highest BCUT2D eigenvalue weighted by atomic mass is 15.5. The second kappa shape index (κ2) is 8.42. The zero-order valence-electron chi connectivity index (χ0n) is 19.2. The lowest BCUT2D eigenvalue weighted by Gasteiger charge is -2.42. The fraction of sp³-hybridized carbons (Fsp3) is 0.542. The molecule has 2 aromatic rings. The number of likely N-dealkylation sites (N-methyl/N-ethyl adjacent to an activating group) is 1. The molecule has 3 heterocycles. The summed E-state index contributed by atoms with van der Waals surface area (Å²) in [5.41, 5.74) is 19.1. The number of anilines is 2. The molecule has 1 saturated heterocycles. The van der Waals surface area contributed by atoms with E-state index in [0.717, 1.165) is 56.0 Å². The number of nitrogens with two attached hydrogens (primary N) is 2. The van der Waals surface area contributed by atoms with Crippen molar-refractivity contribution in [3.05, 3.63) is 48.6 Å². The molecule has 0 bridgehead atoms. The fourth-order valence-electron chi connectivity index (χ4n) is 5.34. The zero-order valence-corrected chi connectivity index (χ0v) is 19.2. The van der Waals surface area contributed by atoms with E-state index in [1.54, 1.807) is 6.20 Å². The van der Waals surface area contributed by atoms with E-state index in [4.69, 9.17) is 11.5 Å². The van der Waals surface area contributed by atoms with Crippen molar-refractivity contribution in [2.75, 3.05) is 42.8 Å². The second-order valence-electron chi connectivity index (χ2n) is 9.86. The number of imidazole rings is 1. The Balaban J connectivity index is 1.34. The Morgan fingerprint density at radius 2 is 1.88 bits per heavy atom. The minimum atomic E-state index is -0.632. The standard InChI is InChI=1S/C24H36N8/c1-30(2)21-11-13-31(16-21)20-9-7-19(8-10-20)28-22-15-24(26,17-3-5-18(25)6-4-17)29-32-14-12-27-23(22)32/h7-10,12,14-15,17-18,21,28-29H,3-6,11,13,16,25-26H2,1-2H3. The molecule has 5 rings (SSSR count). The molecule has 2 unspecified atom stereocenters. The summed E-state index contributed by atoms with van der Waals surface area (Å²) < 4.78 is 1.94. The van der Waals surface area contributed by atoms with Crippen LogP contribution in [0.4, 0.5) is 11.4 Å². The first kappa shape index (κ1) is 21.3. The first-order valence-corrected chi connectivity index (χ1v) is 11.8. The van der Waals surface area contributed by atoms with Crippen molar-refractivity contribution in [2.24, 2.45) is 17.4 Å². The van der Waals surface area contributed by atoms with E-state index < -0.39 is 5.66 Å². The molecule has 8 nitrogen and oxygen atoms in total. The van der Waals surface area contributed by atoms with E-state index in [-0.39, 0.29) is 0 Å². The third-order valence-electron chi connectivity index (χ3n) is 7.43. The molecule has 1 aromatic carbocycles. The number of nitrogens with zero attached hydrogens (tertiary/aromatic N) is 4. The summed E-state index contributed by atoms with van der Waals surface area (Å²) in [4.78, 5) is 9.33. The maximum atomic E-state index is 6.91. The largest absolute Gasteiger partial charge is 0.370 e. The summed E-state index contributed by atoms with van der Waals surface area (Å²) in [6, 6.07) is 9.61. The molecule has 2 atom stereocenters. The Bertz CT molecular complexity index is 957. The number of nitrogens with one attached hydrogen (secondary N) is 2. The molecule has 8 heteroatoms. The summed E-state index contributed by atoms with van der Waals surface area (Å²) >= 11 is 0. The minimum Gasteiger partial charge on any atom is -0.370 e. The van der Waals surface area contributed by atoms with Crippen LogP contribution in [-0.4, -0.2) is 59.5 Å². The van der Waals surface area contributed by atoms with E-state index in [1.807, 2.05) is 10.9 Å². The van der Waals surface area contributed by atoms with Crippen LogP contribution in [0.15, 0.2) is 42.7 Å². The van der Waals surface area contributed by atoms with Crippen molar-refractivity contribution in [3.8, 4) is 0 Å². The molecular formula is C24H36N8. The average molecular weight is 437 g/mol. The van der Waals surface area contributed by atoms with Crippen LogP contribution >= 0.6 is 0 Å². The number of benzene rings is 1. The van der Waals surface area contributed by atoms with Crippen molar-refractivity contribution in [1.29, 1.82) is 0 Å². The molecule has 1 aromatic heterocycles. The van der Waals surface area contributed by atoms with Gasteiger partial charge in [0.15, 0.2) is 5.82 Å². The summed E-state index contributed by atoms with van der Waals surface area (Å²) in [6.07, 6.45) is 11.1. The molecule has 6 N–H and O–H groups in total. The van der Waals surface area contributed by atoms with E-state index >= 15 is 0 Å². The second-order valence-corrected chi connectivity index (χ2v) is 9.86.